The fourth-order valence-electron chi connectivity index (χ4n) is 2.72. The van der Waals surface area contributed by atoms with Gasteiger partial charge < -0.3 is 10.1 Å². The number of pyridine rings is 3. The lowest BCUT2D eigenvalue weighted by molar-refractivity contribution is 0.0520. The lowest BCUT2D eigenvalue weighted by atomic mass is 10.1. The quantitative estimate of drug-likeness (QED) is 0.446. The second-order valence-electron chi connectivity index (χ2n) is 6.37. The van der Waals surface area contributed by atoms with Crippen molar-refractivity contribution in [3.63, 3.8) is 0 Å². The second-order valence-corrected chi connectivity index (χ2v) is 6.37. The highest BCUT2D eigenvalue weighted by molar-refractivity contribution is 5.89. The number of unbranched alkanes of at least 4 members (excludes halogenated alkanes) is 1. The first-order chi connectivity index (χ1) is 13.8. The maximum Gasteiger partial charge on any atom is 0.338 e. The minimum absolute atomic E-state index is 0.263. The number of rotatable bonds is 9. The highest BCUT2D eigenvalue weighted by atomic mass is 16.5. The van der Waals surface area contributed by atoms with Gasteiger partial charge in [0.25, 0.3) is 0 Å². The van der Waals surface area contributed by atoms with Crippen molar-refractivity contribution < 1.29 is 9.53 Å². The van der Waals surface area contributed by atoms with Gasteiger partial charge in [-0.3, -0.25) is 9.97 Å². The summed E-state index contributed by atoms with van der Waals surface area (Å²) in [5.41, 5.74) is 3.56. The van der Waals surface area contributed by atoms with Crippen LogP contribution in [0.5, 0.6) is 0 Å². The van der Waals surface area contributed by atoms with Crippen molar-refractivity contribution in [2.24, 2.45) is 0 Å². The number of nitrogens with one attached hydrogen (secondary N) is 1. The summed E-state index contributed by atoms with van der Waals surface area (Å²) in [6.45, 7) is 2.88. The van der Waals surface area contributed by atoms with Gasteiger partial charge >= 0.3 is 5.97 Å². The van der Waals surface area contributed by atoms with E-state index < -0.39 is 0 Å². The SMILES string of the molecule is CCCCc1cc(C(=O)OCCNc2ccc(-c3ccncc3)cn2)ccn1. The van der Waals surface area contributed by atoms with E-state index in [9.17, 15) is 4.79 Å². The molecule has 0 aromatic carbocycles. The summed E-state index contributed by atoms with van der Waals surface area (Å²) in [4.78, 5) is 24.9. The molecular formula is C22H24N4O2. The first kappa shape index (κ1) is 19.5. The summed E-state index contributed by atoms with van der Waals surface area (Å²) in [7, 11) is 0. The van der Waals surface area contributed by atoms with Crippen LogP contribution in [-0.2, 0) is 11.2 Å². The van der Waals surface area contributed by atoms with E-state index >= 15 is 0 Å². The van der Waals surface area contributed by atoms with Crippen LogP contribution in [0.25, 0.3) is 11.1 Å². The van der Waals surface area contributed by atoms with Crippen molar-refractivity contribution in [1.29, 1.82) is 0 Å². The van der Waals surface area contributed by atoms with Crippen molar-refractivity contribution >= 4 is 11.8 Å². The third-order valence-corrected chi connectivity index (χ3v) is 4.26. The van der Waals surface area contributed by atoms with Gasteiger partial charge in [-0.25, -0.2) is 9.78 Å². The van der Waals surface area contributed by atoms with Crippen molar-refractivity contribution in [3.8, 4) is 11.1 Å². The smallest absolute Gasteiger partial charge is 0.338 e. The maximum absolute atomic E-state index is 12.2. The zero-order valence-corrected chi connectivity index (χ0v) is 16.0. The Hall–Kier alpha value is -3.28. The predicted octanol–water partition coefficient (Wildman–Crippen LogP) is 4.15. The maximum atomic E-state index is 12.2. The van der Waals surface area contributed by atoms with Crippen LogP contribution in [0.4, 0.5) is 5.82 Å². The van der Waals surface area contributed by atoms with E-state index in [4.69, 9.17) is 4.74 Å². The third kappa shape index (κ3) is 5.61. The second kappa shape index (κ2) is 10.2. The highest BCUT2D eigenvalue weighted by Crippen LogP contribution is 2.18. The largest absolute Gasteiger partial charge is 0.460 e. The molecule has 6 nitrogen and oxygen atoms in total. The van der Waals surface area contributed by atoms with Crippen molar-refractivity contribution in [3.05, 3.63) is 72.4 Å². The number of aryl methyl sites for hydroxylation is 1. The molecule has 144 valence electrons. The summed E-state index contributed by atoms with van der Waals surface area (Å²) in [5, 5.41) is 3.16. The number of hydrogen-bond donors (Lipinski definition) is 1. The first-order valence-electron chi connectivity index (χ1n) is 9.48. The minimum atomic E-state index is -0.331. The standard InChI is InChI=1S/C22H24N4O2/c1-2-3-4-20-15-18(9-12-24-20)22(27)28-14-13-25-21-6-5-19(16-26-21)17-7-10-23-11-8-17/h5-12,15-16H,2-4,13-14H2,1H3,(H,25,26). The lowest BCUT2D eigenvalue weighted by Gasteiger charge is -2.08. The van der Waals surface area contributed by atoms with Gasteiger partial charge in [-0.1, -0.05) is 13.3 Å². The fraction of sp³-hybridized carbons (Fsp3) is 0.273. The molecule has 0 fully saturated rings. The summed E-state index contributed by atoms with van der Waals surface area (Å²) in [6.07, 6.45) is 10.0. The van der Waals surface area contributed by atoms with Gasteiger partial charge in [-0.15, -0.1) is 0 Å². The summed E-state index contributed by atoms with van der Waals surface area (Å²) in [6, 6.07) is 11.3. The Labute approximate surface area is 165 Å². The van der Waals surface area contributed by atoms with E-state index in [1.165, 1.54) is 0 Å². The van der Waals surface area contributed by atoms with E-state index in [1.54, 1.807) is 30.9 Å². The van der Waals surface area contributed by atoms with Crippen LogP contribution in [0.1, 0.15) is 35.8 Å². The molecule has 0 spiro atoms. The van der Waals surface area contributed by atoms with Gasteiger partial charge in [0.15, 0.2) is 0 Å². The van der Waals surface area contributed by atoms with E-state index in [1.807, 2.05) is 30.3 Å². The Morgan fingerprint density at radius 1 is 1.04 bits per heavy atom. The molecule has 0 aliphatic heterocycles. The highest BCUT2D eigenvalue weighted by Gasteiger charge is 2.08. The lowest BCUT2D eigenvalue weighted by Crippen LogP contribution is -2.14. The van der Waals surface area contributed by atoms with E-state index in [0.717, 1.165) is 41.9 Å². The molecule has 0 radical (unpaired) electrons. The summed E-state index contributed by atoms with van der Waals surface area (Å²) in [5.74, 6) is 0.405. The topological polar surface area (TPSA) is 77.0 Å². The Kier molecular flexibility index (Phi) is 7.07. The van der Waals surface area contributed by atoms with E-state index in [2.05, 4.69) is 27.2 Å². The number of aromatic nitrogens is 3. The third-order valence-electron chi connectivity index (χ3n) is 4.26. The summed E-state index contributed by atoms with van der Waals surface area (Å²) < 4.78 is 5.34. The molecule has 1 N–H and O–H groups in total. The summed E-state index contributed by atoms with van der Waals surface area (Å²) >= 11 is 0. The van der Waals surface area contributed by atoms with Gasteiger partial charge in [0.05, 0.1) is 12.1 Å². The predicted molar refractivity (Wildman–Crippen MR) is 109 cm³/mol. The molecule has 0 atom stereocenters. The van der Waals surface area contributed by atoms with Gasteiger partial charge in [0, 0.05) is 36.0 Å². The molecule has 6 heteroatoms. The van der Waals surface area contributed by atoms with Gasteiger partial charge in [-0.05, 0) is 54.8 Å². The molecule has 0 saturated heterocycles. The molecule has 3 aromatic rings. The zero-order chi connectivity index (χ0) is 19.6. The molecule has 0 bridgehead atoms. The van der Waals surface area contributed by atoms with E-state index in [-0.39, 0.29) is 12.6 Å². The molecule has 0 amide bonds. The van der Waals surface area contributed by atoms with Crippen LogP contribution in [0.3, 0.4) is 0 Å². The van der Waals surface area contributed by atoms with E-state index in [0.29, 0.717) is 12.1 Å². The number of hydrogen-bond acceptors (Lipinski definition) is 6. The van der Waals surface area contributed by atoms with Crippen LogP contribution in [0, 0.1) is 0 Å². The number of carbonyl (C=O) groups excluding carboxylic acids is 1. The number of nitrogens with zero attached hydrogens (tertiary/aromatic N) is 3. The van der Waals surface area contributed by atoms with Gasteiger partial charge in [0.2, 0.25) is 0 Å². The van der Waals surface area contributed by atoms with Crippen LogP contribution in [0.15, 0.2) is 61.2 Å². The van der Waals surface area contributed by atoms with Gasteiger partial charge in [0.1, 0.15) is 12.4 Å². The molecule has 0 aliphatic rings. The van der Waals surface area contributed by atoms with Crippen LogP contribution in [-0.4, -0.2) is 34.1 Å². The van der Waals surface area contributed by atoms with Gasteiger partial charge in [-0.2, -0.15) is 0 Å². The Balaban J connectivity index is 1.45. The molecule has 3 aromatic heterocycles. The average Bonchev–Trinajstić information content (AvgIpc) is 2.76. The fourth-order valence-corrected chi connectivity index (χ4v) is 2.72. The molecule has 3 rings (SSSR count). The Morgan fingerprint density at radius 3 is 2.64 bits per heavy atom. The van der Waals surface area contributed by atoms with Crippen LogP contribution in [0.2, 0.25) is 0 Å². The number of carbonyl (C=O) groups is 1. The molecule has 0 unspecified atom stereocenters. The molecule has 3 heterocycles. The zero-order valence-electron chi connectivity index (χ0n) is 16.0. The molecular weight excluding hydrogens is 352 g/mol. The Bertz CT molecular complexity index is 883. The molecule has 28 heavy (non-hydrogen) atoms. The number of ether oxygens (including phenoxy) is 1. The monoisotopic (exact) mass is 376 g/mol. The normalized spacial score (nSPS) is 10.5. The van der Waals surface area contributed by atoms with Crippen LogP contribution >= 0.6 is 0 Å². The Morgan fingerprint density at radius 2 is 1.89 bits per heavy atom. The van der Waals surface area contributed by atoms with Crippen molar-refractivity contribution in [2.75, 3.05) is 18.5 Å². The van der Waals surface area contributed by atoms with Crippen LogP contribution < -0.4 is 5.32 Å². The molecule has 0 saturated carbocycles. The minimum Gasteiger partial charge on any atom is -0.460 e. The van der Waals surface area contributed by atoms with Crippen molar-refractivity contribution in [2.45, 2.75) is 26.2 Å². The first-order valence-corrected chi connectivity index (χ1v) is 9.48. The number of anilines is 1. The molecule has 0 aliphatic carbocycles. The number of esters is 1. The van der Waals surface area contributed by atoms with Crippen molar-refractivity contribution in [1.82, 2.24) is 15.0 Å². The average molecular weight is 376 g/mol.